The Morgan fingerprint density at radius 2 is 2.21 bits per heavy atom. The Hall–Kier alpha value is -1.00. The minimum Gasteiger partial charge on any atom is -0.207 e. The maximum atomic E-state index is 13.0. The average molecular weight is 229 g/mol. The number of hydrogen-bond donors (Lipinski definition) is 0. The summed E-state index contributed by atoms with van der Waals surface area (Å²) >= 11 is 6.75. The van der Waals surface area contributed by atoms with Gasteiger partial charge in [-0.1, -0.05) is 6.07 Å². The van der Waals surface area contributed by atoms with Crippen LogP contribution in [0.25, 0.3) is 11.4 Å². The second-order valence-corrected chi connectivity index (χ2v) is 4.16. The van der Waals surface area contributed by atoms with Crippen molar-refractivity contribution in [2.24, 2.45) is 0 Å². The first-order valence-corrected chi connectivity index (χ1v) is 5.07. The van der Waals surface area contributed by atoms with Gasteiger partial charge in [0.15, 0.2) is 5.82 Å². The van der Waals surface area contributed by atoms with Crippen molar-refractivity contribution in [3.05, 3.63) is 34.0 Å². The van der Waals surface area contributed by atoms with Crippen LogP contribution in [0.1, 0.15) is 5.56 Å². The van der Waals surface area contributed by atoms with Gasteiger partial charge in [0.2, 0.25) is 4.47 Å². The number of benzene rings is 1. The van der Waals surface area contributed by atoms with Crippen molar-refractivity contribution in [1.82, 2.24) is 9.36 Å². The third-order valence-electron chi connectivity index (χ3n) is 1.84. The topological polar surface area (TPSA) is 25.8 Å². The minimum absolute atomic E-state index is 0.295. The lowest BCUT2D eigenvalue weighted by Crippen LogP contribution is -1.86. The lowest BCUT2D eigenvalue weighted by molar-refractivity contribution is 0.628. The molecule has 0 saturated carbocycles. The van der Waals surface area contributed by atoms with Crippen LogP contribution >= 0.6 is 23.1 Å². The van der Waals surface area contributed by atoms with Gasteiger partial charge in [0.05, 0.1) is 0 Å². The molecular weight excluding hydrogens is 223 g/mol. The van der Waals surface area contributed by atoms with Gasteiger partial charge in [0.25, 0.3) is 0 Å². The summed E-state index contributed by atoms with van der Waals surface area (Å²) < 4.78 is 17.3. The Morgan fingerprint density at radius 3 is 2.86 bits per heavy atom. The maximum absolute atomic E-state index is 13.0. The number of hydrogen-bond acceptors (Lipinski definition) is 3. The summed E-state index contributed by atoms with van der Waals surface area (Å²) in [6.45, 7) is 1.88. The highest BCUT2D eigenvalue weighted by atomic mass is 35.5. The number of nitrogens with zero attached hydrogens (tertiary/aromatic N) is 2. The van der Waals surface area contributed by atoms with Crippen molar-refractivity contribution < 1.29 is 4.39 Å². The summed E-state index contributed by atoms with van der Waals surface area (Å²) in [5, 5.41) is 0. The van der Waals surface area contributed by atoms with Crippen LogP contribution in [0.4, 0.5) is 4.39 Å². The van der Waals surface area contributed by atoms with E-state index in [0.717, 1.165) is 17.1 Å². The molecule has 2 rings (SSSR count). The zero-order valence-corrected chi connectivity index (χ0v) is 8.86. The molecule has 0 aliphatic carbocycles. The van der Waals surface area contributed by atoms with E-state index in [1.54, 1.807) is 6.07 Å². The number of aryl methyl sites for hydroxylation is 1. The van der Waals surface area contributed by atoms with E-state index < -0.39 is 0 Å². The Bertz CT molecular complexity index is 470. The van der Waals surface area contributed by atoms with E-state index in [9.17, 15) is 4.39 Å². The smallest absolute Gasteiger partial charge is 0.203 e. The van der Waals surface area contributed by atoms with E-state index in [4.69, 9.17) is 11.6 Å². The van der Waals surface area contributed by atoms with Crippen molar-refractivity contribution in [3.8, 4) is 11.4 Å². The second kappa shape index (κ2) is 3.63. The molecule has 0 unspecified atom stereocenters. The first-order chi connectivity index (χ1) is 6.66. The summed E-state index contributed by atoms with van der Waals surface area (Å²) in [6.07, 6.45) is 0. The molecular formula is C9H6ClFN2S. The number of halogens is 2. The predicted molar refractivity (Wildman–Crippen MR) is 55.1 cm³/mol. The van der Waals surface area contributed by atoms with Crippen LogP contribution in [-0.4, -0.2) is 9.36 Å². The predicted octanol–water partition coefficient (Wildman–Crippen LogP) is 3.31. The molecule has 0 N–H and O–H groups in total. The molecule has 5 heteroatoms. The van der Waals surface area contributed by atoms with Crippen molar-refractivity contribution in [2.75, 3.05) is 0 Å². The maximum Gasteiger partial charge on any atom is 0.203 e. The SMILES string of the molecule is Cc1ccc(F)cc1-c1nsc(Cl)n1. The van der Waals surface area contributed by atoms with Gasteiger partial charge >= 0.3 is 0 Å². The van der Waals surface area contributed by atoms with Crippen LogP contribution in [0.5, 0.6) is 0 Å². The van der Waals surface area contributed by atoms with Gasteiger partial charge in [-0.05, 0) is 47.8 Å². The first-order valence-electron chi connectivity index (χ1n) is 3.92. The van der Waals surface area contributed by atoms with Crippen LogP contribution in [-0.2, 0) is 0 Å². The van der Waals surface area contributed by atoms with Crippen molar-refractivity contribution in [3.63, 3.8) is 0 Å². The van der Waals surface area contributed by atoms with Crippen LogP contribution in [0.2, 0.25) is 4.47 Å². The third kappa shape index (κ3) is 1.76. The molecule has 0 aliphatic rings. The fourth-order valence-electron chi connectivity index (χ4n) is 1.15. The molecule has 1 aromatic carbocycles. The Morgan fingerprint density at radius 1 is 1.43 bits per heavy atom. The van der Waals surface area contributed by atoms with Gasteiger partial charge in [0.1, 0.15) is 5.82 Å². The van der Waals surface area contributed by atoms with Crippen molar-refractivity contribution in [1.29, 1.82) is 0 Å². The Balaban J connectivity index is 2.55. The van der Waals surface area contributed by atoms with Gasteiger partial charge in [-0.15, -0.1) is 0 Å². The standard InChI is InChI=1S/C9H6ClFN2S/c1-5-2-3-6(11)4-7(5)8-12-9(10)14-13-8/h2-4H,1H3. The fraction of sp³-hybridized carbons (Fsp3) is 0.111. The monoisotopic (exact) mass is 228 g/mol. The fourth-order valence-corrected chi connectivity index (χ4v) is 1.76. The molecule has 0 aliphatic heterocycles. The number of rotatable bonds is 1. The average Bonchev–Trinajstić information content (AvgIpc) is 2.56. The van der Waals surface area contributed by atoms with Crippen molar-refractivity contribution >= 4 is 23.1 Å². The third-order valence-corrected chi connectivity index (χ3v) is 2.64. The highest BCUT2D eigenvalue weighted by Crippen LogP contribution is 2.24. The number of aromatic nitrogens is 2. The van der Waals surface area contributed by atoms with E-state index in [1.807, 2.05) is 6.92 Å². The molecule has 0 radical (unpaired) electrons. The van der Waals surface area contributed by atoms with Gasteiger partial charge in [-0.2, -0.15) is 4.37 Å². The molecule has 2 nitrogen and oxygen atoms in total. The van der Waals surface area contributed by atoms with E-state index in [1.165, 1.54) is 12.1 Å². The van der Waals surface area contributed by atoms with Crippen LogP contribution < -0.4 is 0 Å². The second-order valence-electron chi connectivity index (χ2n) is 2.83. The molecule has 0 atom stereocenters. The molecule has 0 fully saturated rings. The van der Waals surface area contributed by atoms with Gasteiger partial charge in [-0.3, -0.25) is 0 Å². The van der Waals surface area contributed by atoms with E-state index in [2.05, 4.69) is 9.36 Å². The van der Waals surface area contributed by atoms with Gasteiger partial charge < -0.3 is 0 Å². The summed E-state index contributed by atoms with van der Waals surface area (Å²) in [4.78, 5) is 3.99. The molecule has 1 heterocycles. The normalized spacial score (nSPS) is 10.5. The molecule has 1 aromatic heterocycles. The summed E-state index contributed by atoms with van der Waals surface area (Å²) in [5.41, 5.74) is 1.62. The molecule has 14 heavy (non-hydrogen) atoms. The van der Waals surface area contributed by atoms with E-state index in [-0.39, 0.29) is 5.82 Å². The van der Waals surface area contributed by atoms with Crippen molar-refractivity contribution in [2.45, 2.75) is 6.92 Å². The summed E-state index contributed by atoms with van der Waals surface area (Å²) in [5.74, 6) is 0.188. The Kier molecular flexibility index (Phi) is 2.48. The van der Waals surface area contributed by atoms with Gasteiger partial charge in [-0.25, -0.2) is 9.37 Å². The lowest BCUT2D eigenvalue weighted by atomic mass is 10.1. The summed E-state index contributed by atoms with van der Waals surface area (Å²) in [7, 11) is 0. The zero-order valence-electron chi connectivity index (χ0n) is 7.29. The summed E-state index contributed by atoms with van der Waals surface area (Å²) in [6, 6.07) is 4.51. The highest BCUT2D eigenvalue weighted by Gasteiger charge is 2.08. The van der Waals surface area contributed by atoms with Crippen LogP contribution in [0.3, 0.4) is 0 Å². The zero-order chi connectivity index (χ0) is 10.1. The Labute approximate surface area is 89.5 Å². The van der Waals surface area contributed by atoms with E-state index in [0.29, 0.717) is 15.9 Å². The molecule has 0 spiro atoms. The quantitative estimate of drug-likeness (QED) is 0.749. The molecule has 72 valence electrons. The van der Waals surface area contributed by atoms with Crippen LogP contribution in [0.15, 0.2) is 18.2 Å². The van der Waals surface area contributed by atoms with E-state index >= 15 is 0 Å². The molecule has 2 aromatic rings. The highest BCUT2D eigenvalue weighted by molar-refractivity contribution is 7.10. The van der Waals surface area contributed by atoms with Gasteiger partial charge in [0, 0.05) is 5.56 Å². The lowest BCUT2D eigenvalue weighted by Gasteiger charge is -2.00. The largest absolute Gasteiger partial charge is 0.207 e. The molecule has 0 amide bonds. The first kappa shape index (κ1) is 9.55. The van der Waals surface area contributed by atoms with Crippen LogP contribution in [0, 0.1) is 12.7 Å². The molecule has 0 bridgehead atoms. The molecule has 0 saturated heterocycles. The minimum atomic E-state index is -0.295.